The van der Waals surface area contributed by atoms with Gasteiger partial charge in [-0.15, -0.1) is 0 Å². The predicted octanol–water partition coefficient (Wildman–Crippen LogP) is 1.82. The molecule has 0 saturated carbocycles. The van der Waals surface area contributed by atoms with Gasteiger partial charge in [-0.1, -0.05) is 25.1 Å². The molecule has 2 aromatic rings. The molecule has 23 heavy (non-hydrogen) atoms. The highest BCUT2D eigenvalue weighted by Crippen LogP contribution is 2.23. The zero-order chi connectivity index (χ0) is 16.6. The Morgan fingerprint density at radius 1 is 1.26 bits per heavy atom. The molecular weight excluding hydrogens is 292 g/mol. The van der Waals surface area contributed by atoms with Gasteiger partial charge in [0.2, 0.25) is 0 Å². The van der Waals surface area contributed by atoms with Gasteiger partial charge < -0.3 is 5.32 Å². The second kappa shape index (κ2) is 6.04. The lowest BCUT2D eigenvalue weighted by molar-refractivity contribution is 0.200. The molecule has 1 aromatic heterocycles. The molecule has 122 valence electrons. The third-order valence-corrected chi connectivity index (χ3v) is 4.59. The van der Waals surface area contributed by atoms with Crippen molar-refractivity contribution in [1.82, 2.24) is 14.5 Å². The third kappa shape index (κ3) is 2.70. The topological polar surface area (TPSA) is 70.1 Å². The van der Waals surface area contributed by atoms with Gasteiger partial charge in [0.1, 0.15) is 5.82 Å². The first-order valence-corrected chi connectivity index (χ1v) is 7.95. The van der Waals surface area contributed by atoms with Gasteiger partial charge in [0.05, 0.1) is 17.9 Å². The third-order valence-electron chi connectivity index (χ3n) is 4.59. The van der Waals surface area contributed by atoms with Crippen molar-refractivity contribution in [3.63, 3.8) is 0 Å². The van der Waals surface area contributed by atoms with Crippen molar-refractivity contribution < 1.29 is 0 Å². The molecule has 6 nitrogen and oxygen atoms in total. The van der Waals surface area contributed by atoms with Crippen LogP contribution >= 0.6 is 0 Å². The van der Waals surface area contributed by atoms with E-state index in [1.165, 1.54) is 0 Å². The summed E-state index contributed by atoms with van der Waals surface area (Å²) in [5.41, 5.74) is 1.66. The monoisotopic (exact) mass is 314 g/mol. The fourth-order valence-corrected chi connectivity index (χ4v) is 2.95. The molecule has 2 N–H and O–H groups in total. The van der Waals surface area contributed by atoms with Gasteiger partial charge in [-0.3, -0.25) is 14.7 Å². The summed E-state index contributed by atoms with van der Waals surface area (Å²) in [7, 11) is 0. The summed E-state index contributed by atoms with van der Waals surface area (Å²) in [5, 5.41) is 3.27. The summed E-state index contributed by atoms with van der Waals surface area (Å²) in [6, 6.07) is 8.03. The zero-order valence-electron chi connectivity index (χ0n) is 13.7. The van der Waals surface area contributed by atoms with Crippen LogP contribution in [0.5, 0.6) is 0 Å². The van der Waals surface area contributed by atoms with Crippen LogP contribution in [0.2, 0.25) is 0 Å². The summed E-state index contributed by atoms with van der Waals surface area (Å²) in [6.07, 6.45) is 1.01. The van der Waals surface area contributed by atoms with Crippen LogP contribution < -0.4 is 16.6 Å². The van der Waals surface area contributed by atoms with E-state index in [2.05, 4.69) is 29.0 Å². The van der Waals surface area contributed by atoms with Crippen LogP contribution in [0.25, 0.3) is 5.69 Å². The lowest BCUT2D eigenvalue weighted by Crippen LogP contribution is -2.45. The molecule has 0 saturated heterocycles. The van der Waals surface area contributed by atoms with Gasteiger partial charge in [-0.2, -0.15) is 0 Å². The van der Waals surface area contributed by atoms with Gasteiger partial charge >= 0.3 is 5.69 Å². The minimum atomic E-state index is -0.410. The van der Waals surface area contributed by atoms with Crippen molar-refractivity contribution in [1.29, 1.82) is 0 Å². The van der Waals surface area contributed by atoms with Gasteiger partial charge in [-0.25, -0.2) is 9.36 Å². The van der Waals surface area contributed by atoms with E-state index in [4.69, 9.17) is 0 Å². The van der Waals surface area contributed by atoms with E-state index in [1.54, 1.807) is 4.57 Å². The highest BCUT2D eigenvalue weighted by Gasteiger charge is 2.25. The number of nitrogens with one attached hydrogen (secondary N) is 2. The second-order valence-electron chi connectivity index (χ2n) is 6.05. The summed E-state index contributed by atoms with van der Waals surface area (Å²) >= 11 is 0. The number of aromatic nitrogens is 2. The van der Waals surface area contributed by atoms with E-state index in [-0.39, 0.29) is 5.56 Å². The number of hydrogen-bond donors (Lipinski definition) is 2. The van der Waals surface area contributed by atoms with E-state index in [0.717, 1.165) is 17.7 Å². The molecule has 0 aliphatic carbocycles. The second-order valence-corrected chi connectivity index (χ2v) is 6.05. The van der Waals surface area contributed by atoms with Crippen LogP contribution in [0.3, 0.4) is 0 Å². The van der Waals surface area contributed by atoms with Crippen LogP contribution in [0.15, 0.2) is 33.9 Å². The Labute approximate surface area is 134 Å². The van der Waals surface area contributed by atoms with E-state index in [1.807, 2.05) is 31.2 Å². The predicted molar refractivity (Wildman–Crippen MR) is 91.2 cm³/mol. The number of benzene rings is 1. The maximum Gasteiger partial charge on any atom is 0.334 e. The summed E-state index contributed by atoms with van der Waals surface area (Å²) in [6.45, 7) is 7.38. The Hall–Kier alpha value is -2.34. The largest absolute Gasteiger partial charge is 0.358 e. The smallest absolute Gasteiger partial charge is 0.334 e. The molecule has 0 spiro atoms. The summed E-state index contributed by atoms with van der Waals surface area (Å²) in [5.74, 6) is 0.604. The first kappa shape index (κ1) is 15.6. The van der Waals surface area contributed by atoms with Crippen LogP contribution in [-0.4, -0.2) is 27.2 Å². The highest BCUT2D eigenvalue weighted by atomic mass is 16.2. The standard InChI is InChI=1S/C17H22N4O2/c1-4-12(3)20-9-13-15(18-10-20)21(17(23)19-16(13)22)14-8-6-5-7-11(14)2/h5-8,12,18H,4,9-10H2,1-3H3,(H,19,22,23). The normalized spacial score (nSPS) is 15.8. The average molecular weight is 314 g/mol. The molecule has 1 unspecified atom stereocenters. The van der Waals surface area contributed by atoms with Crippen LogP contribution in [-0.2, 0) is 6.54 Å². The van der Waals surface area contributed by atoms with Gasteiger partial charge in [0.15, 0.2) is 0 Å². The molecule has 0 fully saturated rings. The Bertz CT molecular complexity index is 837. The number of aromatic amines is 1. The maximum absolute atomic E-state index is 12.4. The Kier molecular flexibility index (Phi) is 4.09. The zero-order valence-corrected chi connectivity index (χ0v) is 13.7. The van der Waals surface area contributed by atoms with Gasteiger partial charge in [0, 0.05) is 12.6 Å². The molecule has 2 heterocycles. The molecule has 0 radical (unpaired) electrons. The molecule has 1 aromatic carbocycles. The van der Waals surface area contributed by atoms with E-state index in [9.17, 15) is 9.59 Å². The minimum Gasteiger partial charge on any atom is -0.358 e. The summed E-state index contributed by atoms with van der Waals surface area (Å²) < 4.78 is 1.57. The Balaban J connectivity index is 2.17. The number of aryl methyl sites for hydroxylation is 1. The first-order valence-electron chi connectivity index (χ1n) is 7.95. The Morgan fingerprint density at radius 2 is 2.00 bits per heavy atom. The molecule has 1 aliphatic heterocycles. The van der Waals surface area contributed by atoms with Crippen LogP contribution in [0.1, 0.15) is 31.4 Å². The number of fused-ring (bicyclic) bond motifs is 1. The SMILES string of the molecule is CCC(C)N1CNc2c(c(=O)[nH]c(=O)n2-c2ccccc2C)C1. The lowest BCUT2D eigenvalue weighted by atomic mass is 10.1. The molecule has 3 rings (SSSR count). The van der Waals surface area contributed by atoms with Crippen molar-refractivity contribution in [3.05, 3.63) is 56.2 Å². The number of hydrogen-bond acceptors (Lipinski definition) is 4. The van der Waals surface area contributed by atoms with Crippen molar-refractivity contribution in [2.75, 3.05) is 12.0 Å². The molecule has 1 aliphatic rings. The van der Waals surface area contributed by atoms with Crippen molar-refractivity contribution in [2.24, 2.45) is 0 Å². The number of H-pyrrole nitrogens is 1. The first-order chi connectivity index (χ1) is 11.0. The quantitative estimate of drug-likeness (QED) is 0.906. The fraction of sp³-hybridized carbons (Fsp3) is 0.412. The maximum atomic E-state index is 12.4. The van der Waals surface area contributed by atoms with E-state index < -0.39 is 5.69 Å². The minimum absolute atomic E-state index is 0.310. The van der Waals surface area contributed by atoms with Crippen LogP contribution in [0, 0.1) is 6.92 Å². The number of anilines is 1. The highest BCUT2D eigenvalue weighted by molar-refractivity contribution is 5.54. The number of rotatable bonds is 3. The molecule has 0 bridgehead atoms. The molecule has 1 atom stereocenters. The molecular formula is C17H22N4O2. The summed E-state index contributed by atoms with van der Waals surface area (Å²) in [4.78, 5) is 29.3. The average Bonchev–Trinajstić information content (AvgIpc) is 2.55. The number of para-hydroxylation sites is 1. The van der Waals surface area contributed by atoms with Gasteiger partial charge in [-0.05, 0) is 31.9 Å². The van der Waals surface area contributed by atoms with E-state index in [0.29, 0.717) is 30.6 Å². The Morgan fingerprint density at radius 3 is 2.70 bits per heavy atom. The van der Waals surface area contributed by atoms with Crippen molar-refractivity contribution in [3.8, 4) is 5.69 Å². The van der Waals surface area contributed by atoms with Crippen molar-refractivity contribution >= 4 is 5.82 Å². The number of nitrogens with zero attached hydrogens (tertiary/aromatic N) is 2. The fourth-order valence-electron chi connectivity index (χ4n) is 2.95. The molecule has 6 heteroatoms. The lowest BCUT2D eigenvalue weighted by Gasteiger charge is -2.34. The van der Waals surface area contributed by atoms with E-state index >= 15 is 0 Å². The van der Waals surface area contributed by atoms with Crippen LogP contribution in [0.4, 0.5) is 5.82 Å². The van der Waals surface area contributed by atoms with Gasteiger partial charge in [0.25, 0.3) is 5.56 Å². The molecule has 0 amide bonds. The van der Waals surface area contributed by atoms with Crippen molar-refractivity contribution in [2.45, 2.75) is 39.8 Å².